The molecule has 3 nitrogen and oxygen atoms in total. The van der Waals surface area contributed by atoms with Gasteiger partial charge < -0.3 is 4.74 Å². The van der Waals surface area contributed by atoms with Gasteiger partial charge in [-0.15, -0.1) is 0 Å². The van der Waals surface area contributed by atoms with Gasteiger partial charge in [0.1, 0.15) is 16.7 Å². The van der Waals surface area contributed by atoms with E-state index in [1.807, 2.05) is 13.0 Å². The number of benzene rings is 1. The van der Waals surface area contributed by atoms with Crippen molar-refractivity contribution >= 4 is 19.7 Å². The van der Waals surface area contributed by atoms with Gasteiger partial charge >= 0.3 is 0 Å². The van der Waals surface area contributed by atoms with Gasteiger partial charge in [0.15, 0.2) is 0 Å². The summed E-state index contributed by atoms with van der Waals surface area (Å²) >= 11 is 0. The predicted octanol–water partition coefficient (Wildman–Crippen LogP) is 1.94. The zero-order valence-electron chi connectivity index (χ0n) is 7.53. The molecule has 1 aliphatic rings. The quantitative estimate of drug-likeness (QED) is 0.695. The maximum Gasteiger partial charge on any atom is 0.264 e. The van der Waals surface area contributed by atoms with Crippen molar-refractivity contribution in [3.8, 4) is 5.75 Å². The lowest BCUT2D eigenvalue weighted by Gasteiger charge is -2.05. The minimum atomic E-state index is -3.70. The molecule has 1 aliphatic heterocycles. The number of hydrogen-bond donors (Lipinski definition) is 0. The Kier molecular flexibility index (Phi) is 2.20. The van der Waals surface area contributed by atoms with E-state index in [0.29, 0.717) is 5.75 Å². The first-order valence-corrected chi connectivity index (χ1v) is 6.52. The molecule has 1 atom stereocenters. The SMILES string of the molecule is CC1Cc2cccc(S(=O)(=O)Cl)c2O1. The third-order valence-electron chi connectivity index (χ3n) is 2.15. The highest BCUT2D eigenvalue weighted by Crippen LogP contribution is 2.36. The number of ether oxygens (including phenoxy) is 1. The van der Waals surface area contributed by atoms with Crippen molar-refractivity contribution in [1.29, 1.82) is 0 Å². The lowest BCUT2D eigenvalue weighted by atomic mass is 10.1. The molecule has 0 aliphatic carbocycles. The molecule has 1 heterocycles. The molecule has 0 amide bonds. The third kappa shape index (κ3) is 1.60. The number of fused-ring (bicyclic) bond motifs is 1. The van der Waals surface area contributed by atoms with Crippen molar-refractivity contribution in [3.05, 3.63) is 23.8 Å². The molecule has 76 valence electrons. The van der Waals surface area contributed by atoms with E-state index in [9.17, 15) is 8.42 Å². The first-order valence-electron chi connectivity index (χ1n) is 4.21. The molecule has 0 aromatic heterocycles. The van der Waals surface area contributed by atoms with Gasteiger partial charge in [0.2, 0.25) is 0 Å². The number of hydrogen-bond acceptors (Lipinski definition) is 3. The monoisotopic (exact) mass is 232 g/mol. The fourth-order valence-corrected chi connectivity index (χ4v) is 2.61. The molecule has 0 radical (unpaired) electrons. The van der Waals surface area contributed by atoms with Gasteiger partial charge in [0, 0.05) is 17.1 Å². The largest absolute Gasteiger partial charge is 0.489 e. The summed E-state index contributed by atoms with van der Waals surface area (Å²) in [5, 5.41) is 0. The van der Waals surface area contributed by atoms with Gasteiger partial charge in [-0.05, 0) is 18.6 Å². The van der Waals surface area contributed by atoms with Crippen LogP contribution in [0.1, 0.15) is 12.5 Å². The van der Waals surface area contributed by atoms with E-state index >= 15 is 0 Å². The van der Waals surface area contributed by atoms with Crippen molar-refractivity contribution < 1.29 is 13.2 Å². The average Bonchev–Trinajstić information content (AvgIpc) is 2.41. The molecule has 0 fully saturated rings. The van der Waals surface area contributed by atoms with E-state index in [1.54, 1.807) is 6.07 Å². The summed E-state index contributed by atoms with van der Waals surface area (Å²) in [5.74, 6) is 0.412. The summed E-state index contributed by atoms with van der Waals surface area (Å²) in [6, 6.07) is 4.99. The Morgan fingerprint density at radius 1 is 1.50 bits per heavy atom. The molecule has 1 aromatic rings. The summed E-state index contributed by atoms with van der Waals surface area (Å²) < 4.78 is 27.8. The van der Waals surface area contributed by atoms with E-state index in [4.69, 9.17) is 15.4 Å². The van der Waals surface area contributed by atoms with Crippen LogP contribution in [0, 0.1) is 0 Å². The second-order valence-corrected chi connectivity index (χ2v) is 5.85. The van der Waals surface area contributed by atoms with Crippen molar-refractivity contribution in [2.24, 2.45) is 0 Å². The third-order valence-corrected chi connectivity index (χ3v) is 3.50. The zero-order chi connectivity index (χ0) is 10.3. The van der Waals surface area contributed by atoms with Crippen LogP contribution in [0.15, 0.2) is 23.1 Å². The molecule has 1 aromatic carbocycles. The molecule has 0 saturated carbocycles. The van der Waals surface area contributed by atoms with Crippen LogP contribution in [0.2, 0.25) is 0 Å². The van der Waals surface area contributed by atoms with E-state index in [0.717, 1.165) is 12.0 Å². The Morgan fingerprint density at radius 2 is 2.21 bits per heavy atom. The lowest BCUT2D eigenvalue weighted by Crippen LogP contribution is -2.06. The minimum Gasteiger partial charge on any atom is -0.489 e. The van der Waals surface area contributed by atoms with Crippen LogP contribution in [0.4, 0.5) is 0 Å². The highest BCUT2D eigenvalue weighted by Gasteiger charge is 2.26. The van der Waals surface area contributed by atoms with Crippen LogP contribution < -0.4 is 4.74 Å². The van der Waals surface area contributed by atoms with Crippen molar-refractivity contribution in [2.75, 3.05) is 0 Å². The Balaban J connectivity index is 2.62. The fraction of sp³-hybridized carbons (Fsp3) is 0.333. The zero-order valence-corrected chi connectivity index (χ0v) is 9.10. The maximum absolute atomic E-state index is 11.2. The molecule has 0 saturated heterocycles. The Hall–Kier alpha value is -0.740. The first kappa shape index (κ1) is 9.80. The van der Waals surface area contributed by atoms with Crippen LogP contribution in [-0.4, -0.2) is 14.5 Å². The summed E-state index contributed by atoms with van der Waals surface area (Å²) in [5.41, 5.74) is 0.902. The first-order chi connectivity index (χ1) is 6.48. The van der Waals surface area contributed by atoms with Gasteiger partial charge in [-0.2, -0.15) is 0 Å². The van der Waals surface area contributed by atoms with Crippen LogP contribution >= 0.6 is 10.7 Å². The minimum absolute atomic E-state index is 0.0181. The van der Waals surface area contributed by atoms with Crippen LogP contribution in [-0.2, 0) is 15.5 Å². The van der Waals surface area contributed by atoms with Gasteiger partial charge in [-0.1, -0.05) is 12.1 Å². The van der Waals surface area contributed by atoms with Crippen molar-refractivity contribution in [1.82, 2.24) is 0 Å². The lowest BCUT2D eigenvalue weighted by molar-refractivity contribution is 0.249. The predicted molar refractivity (Wildman–Crippen MR) is 53.3 cm³/mol. The topological polar surface area (TPSA) is 43.4 Å². The molecule has 2 rings (SSSR count). The summed E-state index contributed by atoms with van der Waals surface area (Å²) in [7, 11) is 1.58. The molecular formula is C9H9ClO3S. The van der Waals surface area contributed by atoms with E-state index in [1.165, 1.54) is 6.07 Å². The molecule has 0 N–H and O–H groups in total. The summed E-state index contributed by atoms with van der Waals surface area (Å²) in [4.78, 5) is 0.0704. The second-order valence-electron chi connectivity index (χ2n) is 3.31. The smallest absolute Gasteiger partial charge is 0.264 e. The number of halogens is 1. The highest BCUT2D eigenvalue weighted by molar-refractivity contribution is 8.13. The number of rotatable bonds is 1. The van der Waals surface area contributed by atoms with Gasteiger partial charge in [0.25, 0.3) is 9.05 Å². The Morgan fingerprint density at radius 3 is 2.86 bits per heavy atom. The van der Waals surface area contributed by atoms with Crippen LogP contribution in [0.25, 0.3) is 0 Å². The van der Waals surface area contributed by atoms with E-state index in [2.05, 4.69) is 0 Å². The average molecular weight is 233 g/mol. The van der Waals surface area contributed by atoms with Crippen LogP contribution in [0.3, 0.4) is 0 Å². The molecule has 1 unspecified atom stereocenters. The molecule has 14 heavy (non-hydrogen) atoms. The summed E-state index contributed by atoms with van der Waals surface area (Å²) in [6.45, 7) is 1.89. The molecule has 5 heteroatoms. The highest BCUT2D eigenvalue weighted by atomic mass is 35.7. The van der Waals surface area contributed by atoms with Gasteiger partial charge in [0.05, 0.1) is 0 Å². The van der Waals surface area contributed by atoms with Gasteiger partial charge in [-0.25, -0.2) is 8.42 Å². The normalized spacial score (nSPS) is 20.3. The standard InChI is InChI=1S/C9H9ClO3S/c1-6-5-7-3-2-4-8(9(7)13-6)14(10,11)12/h2-4,6H,5H2,1H3. The van der Waals surface area contributed by atoms with E-state index in [-0.39, 0.29) is 11.0 Å². The Bertz CT molecular complexity index is 467. The van der Waals surface area contributed by atoms with Crippen molar-refractivity contribution in [3.63, 3.8) is 0 Å². The van der Waals surface area contributed by atoms with Crippen molar-refractivity contribution in [2.45, 2.75) is 24.3 Å². The van der Waals surface area contributed by atoms with Gasteiger partial charge in [-0.3, -0.25) is 0 Å². The maximum atomic E-state index is 11.2. The second kappa shape index (κ2) is 3.14. The molecular weight excluding hydrogens is 224 g/mol. The van der Waals surface area contributed by atoms with E-state index < -0.39 is 9.05 Å². The molecule has 0 bridgehead atoms. The summed E-state index contributed by atoms with van der Waals surface area (Å²) in [6.07, 6.45) is 0.750. The Labute approximate surface area is 87.1 Å². The van der Waals surface area contributed by atoms with Crippen LogP contribution in [0.5, 0.6) is 5.75 Å². The number of para-hydroxylation sites is 1. The fourth-order valence-electron chi connectivity index (χ4n) is 1.60. The molecule has 0 spiro atoms.